The summed E-state index contributed by atoms with van der Waals surface area (Å²) in [5, 5.41) is 33.6. The van der Waals surface area contributed by atoms with Crippen LogP contribution in [0.2, 0.25) is 0 Å². The number of halogens is 4. The molecule has 3 saturated carbocycles. The number of aliphatic hydroxyl groups excluding tert-OH is 3. The van der Waals surface area contributed by atoms with Crippen LogP contribution < -0.4 is 14.8 Å². The van der Waals surface area contributed by atoms with Crippen molar-refractivity contribution < 1.29 is 47.6 Å². The highest BCUT2D eigenvalue weighted by Gasteiger charge is 2.55. The zero-order valence-electron chi connectivity index (χ0n) is 27.1. The topological polar surface area (TPSA) is 129 Å². The molecule has 2 aromatic carbocycles. The third kappa shape index (κ3) is 7.34. The van der Waals surface area contributed by atoms with Crippen LogP contribution in [0.4, 0.5) is 13.2 Å². The van der Waals surface area contributed by atoms with Crippen molar-refractivity contribution in [3.8, 4) is 11.5 Å². The first-order chi connectivity index (χ1) is 22.7. The van der Waals surface area contributed by atoms with Gasteiger partial charge in [-0.1, -0.05) is 13.8 Å². The Labute approximate surface area is 291 Å². The summed E-state index contributed by atoms with van der Waals surface area (Å²) in [5.74, 6) is 0.500. The fraction of sp³-hybridized carbons (Fsp3) is 0.543. The van der Waals surface area contributed by atoms with Gasteiger partial charge in [0, 0.05) is 30.6 Å². The molecule has 48 heavy (non-hydrogen) atoms. The predicted octanol–water partition coefficient (Wildman–Crippen LogP) is 4.94. The standard InChI is InChI=1S/C35H42F3IN2O7/c1-34(2)24-9-6-21(25(34)16-24)17-41(33(46)20-4-7-23(8-5-20)35(36,37)38)27-14-22(32(45)40-10-11-42)15-28(30(27)44)48-31-26(39)12-19(18-43)13-29(31)47-3/h4-5,7-8,12-13,15,21,24-25,27-28,30,42-44H,6,9-11,14,16-18H2,1-3H3,(H,40,45). The van der Waals surface area contributed by atoms with Crippen molar-refractivity contribution in [3.05, 3.63) is 68.3 Å². The number of nitrogens with one attached hydrogen (secondary N) is 1. The van der Waals surface area contributed by atoms with Crippen LogP contribution in [-0.2, 0) is 17.6 Å². The van der Waals surface area contributed by atoms with E-state index >= 15 is 0 Å². The van der Waals surface area contributed by atoms with Crippen molar-refractivity contribution in [1.29, 1.82) is 0 Å². The van der Waals surface area contributed by atoms with E-state index in [4.69, 9.17) is 9.47 Å². The van der Waals surface area contributed by atoms with E-state index in [1.54, 1.807) is 12.1 Å². The van der Waals surface area contributed by atoms with Crippen molar-refractivity contribution in [1.82, 2.24) is 10.2 Å². The predicted molar refractivity (Wildman–Crippen MR) is 179 cm³/mol. The molecule has 0 aromatic heterocycles. The molecule has 2 bridgehead atoms. The fourth-order valence-corrected chi connectivity index (χ4v) is 8.46. The van der Waals surface area contributed by atoms with Crippen molar-refractivity contribution in [2.75, 3.05) is 26.8 Å². The van der Waals surface area contributed by atoms with E-state index in [1.807, 2.05) is 22.6 Å². The van der Waals surface area contributed by atoms with Crippen LogP contribution in [0.3, 0.4) is 0 Å². The summed E-state index contributed by atoms with van der Waals surface area (Å²) >= 11 is 2.02. The van der Waals surface area contributed by atoms with E-state index < -0.39 is 41.8 Å². The lowest BCUT2D eigenvalue weighted by atomic mass is 9.45. The van der Waals surface area contributed by atoms with Crippen LogP contribution >= 0.6 is 22.6 Å². The zero-order chi connectivity index (χ0) is 35.0. The van der Waals surface area contributed by atoms with Crippen LogP contribution in [-0.4, -0.2) is 77.1 Å². The van der Waals surface area contributed by atoms with Gasteiger partial charge in [-0.05, 0) is 113 Å². The Balaban J connectivity index is 1.54. The molecule has 2 amide bonds. The maximum absolute atomic E-state index is 14.3. The smallest absolute Gasteiger partial charge is 0.416 e. The molecule has 6 rings (SSSR count). The summed E-state index contributed by atoms with van der Waals surface area (Å²) in [5.41, 5.74) is 0.0278. The Hall–Kier alpha value is -2.88. The molecule has 0 spiro atoms. The van der Waals surface area contributed by atoms with E-state index in [2.05, 4.69) is 19.2 Å². The number of carbonyl (C=O) groups excluding carboxylic acids is 2. The number of benzene rings is 2. The van der Waals surface area contributed by atoms with E-state index in [9.17, 15) is 38.1 Å². The summed E-state index contributed by atoms with van der Waals surface area (Å²) in [4.78, 5) is 29.2. The molecule has 4 N–H and O–H groups in total. The minimum Gasteiger partial charge on any atom is -0.493 e. The van der Waals surface area contributed by atoms with Crippen molar-refractivity contribution in [2.24, 2.45) is 23.2 Å². The molecule has 0 radical (unpaired) electrons. The summed E-state index contributed by atoms with van der Waals surface area (Å²) in [6.45, 7) is 4.14. The molecule has 2 aromatic rings. The van der Waals surface area contributed by atoms with Gasteiger partial charge in [0.1, 0.15) is 12.2 Å². The number of amides is 2. The van der Waals surface area contributed by atoms with Gasteiger partial charge in [0.2, 0.25) is 5.91 Å². The average molecular weight is 787 g/mol. The minimum atomic E-state index is -4.57. The Morgan fingerprint density at radius 1 is 1.12 bits per heavy atom. The number of nitrogens with zero attached hydrogens (tertiary/aromatic N) is 1. The monoisotopic (exact) mass is 786 g/mol. The number of aliphatic hydroxyl groups is 3. The summed E-state index contributed by atoms with van der Waals surface area (Å²) < 4.78 is 52.6. The summed E-state index contributed by atoms with van der Waals surface area (Å²) in [7, 11) is 1.43. The quantitative estimate of drug-likeness (QED) is 0.238. The summed E-state index contributed by atoms with van der Waals surface area (Å²) in [6, 6.07) is 6.34. The van der Waals surface area contributed by atoms with Gasteiger partial charge in [-0.25, -0.2) is 0 Å². The fourth-order valence-electron chi connectivity index (χ4n) is 7.66. The normalized spacial score (nSPS) is 26.2. The lowest BCUT2D eigenvalue weighted by Gasteiger charge is -2.61. The van der Waals surface area contributed by atoms with Gasteiger partial charge >= 0.3 is 6.18 Å². The lowest BCUT2D eigenvalue weighted by Crippen LogP contribution is -2.59. The first kappa shape index (κ1) is 36.4. The van der Waals surface area contributed by atoms with Crippen LogP contribution in [0.25, 0.3) is 0 Å². The van der Waals surface area contributed by atoms with Crippen LogP contribution in [0.1, 0.15) is 61.0 Å². The molecule has 0 saturated heterocycles. The van der Waals surface area contributed by atoms with Gasteiger partial charge in [0.25, 0.3) is 5.91 Å². The Kier molecular flexibility index (Phi) is 11.0. The maximum atomic E-state index is 14.3. The number of carbonyl (C=O) groups is 2. The molecule has 9 nitrogen and oxygen atoms in total. The maximum Gasteiger partial charge on any atom is 0.416 e. The molecular formula is C35H42F3IN2O7. The number of hydrogen-bond donors (Lipinski definition) is 4. The molecule has 4 aliphatic carbocycles. The molecule has 4 aliphatic rings. The third-order valence-corrected chi connectivity index (χ3v) is 11.3. The van der Waals surface area contributed by atoms with Gasteiger partial charge in [-0.3, -0.25) is 9.59 Å². The van der Waals surface area contributed by atoms with Crippen molar-refractivity contribution in [3.63, 3.8) is 0 Å². The Morgan fingerprint density at radius 3 is 2.42 bits per heavy atom. The number of fused-ring (bicyclic) bond motifs is 2. The molecule has 262 valence electrons. The number of methoxy groups -OCH3 is 1. The largest absolute Gasteiger partial charge is 0.493 e. The van der Waals surface area contributed by atoms with E-state index in [-0.39, 0.29) is 60.9 Å². The van der Waals surface area contributed by atoms with E-state index in [0.29, 0.717) is 26.7 Å². The zero-order valence-corrected chi connectivity index (χ0v) is 29.3. The molecule has 0 heterocycles. The van der Waals surface area contributed by atoms with Crippen LogP contribution in [0, 0.1) is 26.7 Å². The first-order valence-corrected chi connectivity index (χ1v) is 17.2. The Bertz CT molecular complexity index is 1530. The second kappa shape index (κ2) is 14.5. The Morgan fingerprint density at radius 2 is 1.83 bits per heavy atom. The highest BCUT2D eigenvalue weighted by molar-refractivity contribution is 14.1. The summed E-state index contributed by atoms with van der Waals surface area (Å²) in [6.07, 6.45) is -2.74. The van der Waals surface area contributed by atoms with Gasteiger partial charge < -0.3 is 35.0 Å². The first-order valence-electron chi connectivity index (χ1n) is 16.1. The van der Waals surface area contributed by atoms with Crippen LogP contribution in [0.5, 0.6) is 11.5 Å². The molecular weight excluding hydrogens is 744 g/mol. The number of alkyl halides is 3. The second-order valence-electron chi connectivity index (χ2n) is 13.5. The minimum absolute atomic E-state index is 0.0164. The third-order valence-electron chi connectivity index (χ3n) is 10.5. The molecule has 6 atom stereocenters. The number of rotatable bonds is 11. The number of hydrogen-bond acceptors (Lipinski definition) is 7. The van der Waals surface area contributed by atoms with Crippen LogP contribution in [0.15, 0.2) is 48.0 Å². The average Bonchev–Trinajstić information content (AvgIpc) is 3.06. The van der Waals surface area contributed by atoms with Gasteiger partial charge in [-0.15, -0.1) is 0 Å². The number of ether oxygens (including phenoxy) is 2. The molecule has 13 heteroatoms. The van der Waals surface area contributed by atoms with Gasteiger partial charge in [0.15, 0.2) is 11.5 Å². The molecule has 3 fully saturated rings. The second-order valence-corrected chi connectivity index (χ2v) is 14.7. The van der Waals surface area contributed by atoms with E-state index in [1.165, 1.54) is 18.1 Å². The van der Waals surface area contributed by atoms with Gasteiger partial charge in [-0.2, -0.15) is 13.2 Å². The highest BCUT2D eigenvalue weighted by Crippen LogP contribution is 2.61. The highest BCUT2D eigenvalue weighted by atomic mass is 127. The van der Waals surface area contributed by atoms with Crippen molar-refractivity contribution in [2.45, 2.75) is 70.6 Å². The SMILES string of the molecule is COc1cc(CO)cc(I)c1OC1C=C(C(=O)NCCO)CC(N(CC2CCC3CC2C3(C)C)C(=O)c2ccc(C(F)(F)F)cc2)C1O. The van der Waals surface area contributed by atoms with Gasteiger partial charge in [0.05, 0.1) is 35.5 Å². The molecule has 0 aliphatic heterocycles. The van der Waals surface area contributed by atoms with Crippen molar-refractivity contribution >= 4 is 34.4 Å². The lowest BCUT2D eigenvalue weighted by molar-refractivity contribution is -0.137. The molecule has 6 unspecified atom stereocenters. The van der Waals surface area contributed by atoms with E-state index in [0.717, 1.165) is 43.5 Å².